The van der Waals surface area contributed by atoms with Crippen molar-refractivity contribution in [3.63, 3.8) is 0 Å². The zero-order chi connectivity index (χ0) is 16.3. The summed E-state index contributed by atoms with van der Waals surface area (Å²) < 4.78 is 5.46. The number of nitrogens with one attached hydrogen (secondary N) is 1. The van der Waals surface area contributed by atoms with E-state index in [1.165, 1.54) is 57.8 Å². The van der Waals surface area contributed by atoms with Crippen molar-refractivity contribution in [2.24, 2.45) is 5.92 Å². The highest BCUT2D eigenvalue weighted by Gasteiger charge is 2.55. The summed E-state index contributed by atoms with van der Waals surface area (Å²) in [7, 11) is 0. The largest absolute Gasteiger partial charge is 0.395 e. The fourth-order valence-corrected chi connectivity index (χ4v) is 3.03. The van der Waals surface area contributed by atoms with Gasteiger partial charge in [0.2, 0.25) is 0 Å². The Bertz CT molecular complexity index is 303. The summed E-state index contributed by atoms with van der Waals surface area (Å²) >= 11 is 0. The van der Waals surface area contributed by atoms with Crippen LogP contribution >= 0.6 is 0 Å². The Morgan fingerprint density at radius 2 is 1.68 bits per heavy atom. The number of aliphatic hydroxyl groups is 1. The van der Waals surface area contributed by atoms with Gasteiger partial charge < -0.3 is 15.2 Å². The molecule has 4 heteroatoms. The number of carbonyl (C=O) groups is 1. The fraction of sp³-hybridized carbons (Fsp3) is 0.944. The molecule has 1 amide bonds. The van der Waals surface area contributed by atoms with Crippen LogP contribution in [0.5, 0.6) is 0 Å². The summed E-state index contributed by atoms with van der Waals surface area (Å²) in [5.74, 6) is 0.209. The molecule has 2 atom stereocenters. The predicted molar refractivity (Wildman–Crippen MR) is 89.8 cm³/mol. The Balaban J connectivity index is 2.03. The van der Waals surface area contributed by atoms with Gasteiger partial charge >= 0.3 is 0 Å². The zero-order valence-corrected chi connectivity index (χ0v) is 14.5. The SMILES string of the molecule is CCCCCCCCCCCC(C)C1(C(=O)NCCO)CO1. The summed E-state index contributed by atoms with van der Waals surface area (Å²) in [5.41, 5.74) is -0.602. The lowest BCUT2D eigenvalue weighted by molar-refractivity contribution is -0.128. The Morgan fingerprint density at radius 3 is 2.18 bits per heavy atom. The highest BCUT2D eigenvalue weighted by molar-refractivity contribution is 5.88. The Labute approximate surface area is 136 Å². The van der Waals surface area contributed by atoms with Crippen LogP contribution in [0, 0.1) is 5.92 Å². The van der Waals surface area contributed by atoms with Gasteiger partial charge in [0.15, 0.2) is 5.60 Å². The van der Waals surface area contributed by atoms with Gasteiger partial charge in [-0.05, 0) is 12.3 Å². The normalized spacial score (nSPS) is 21.6. The van der Waals surface area contributed by atoms with E-state index in [1.54, 1.807) is 0 Å². The minimum Gasteiger partial charge on any atom is -0.395 e. The third kappa shape index (κ3) is 6.66. The Hall–Kier alpha value is -0.610. The molecule has 0 aromatic heterocycles. The molecule has 0 aromatic carbocycles. The number of aliphatic hydroxyl groups excluding tert-OH is 1. The van der Waals surface area contributed by atoms with E-state index >= 15 is 0 Å². The molecule has 1 saturated heterocycles. The van der Waals surface area contributed by atoms with E-state index in [0.29, 0.717) is 13.2 Å². The van der Waals surface area contributed by atoms with E-state index < -0.39 is 5.60 Å². The number of unbranched alkanes of at least 4 members (excludes halogenated alkanes) is 8. The highest BCUT2D eigenvalue weighted by Crippen LogP contribution is 2.38. The topological polar surface area (TPSA) is 61.9 Å². The van der Waals surface area contributed by atoms with Crippen LogP contribution < -0.4 is 5.32 Å². The van der Waals surface area contributed by atoms with Crippen LogP contribution in [0.25, 0.3) is 0 Å². The maximum absolute atomic E-state index is 12.0. The van der Waals surface area contributed by atoms with Gasteiger partial charge in [-0.1, -0.05) is 71.6 Å². The van der Waals surface area contributed by atoms with E-state index in [2.05, 4.69) is 19.2 Å². The quantitative estimate of drug-likeness (QED) is 0.381. The first-order valence-electron chi connectivity index (χ1n) is 9.20. The lowest BCUT2D eigenvalue weighted by Gasteiger charge is -2.19. The molecule has 0 spiro atoms. The zero-order valence-electron chi connectivity index (χ0n) is 14.5. The first-order chi connectivity index (χ1) is 10.7. The molecule has 1 aliphatic rings. The third-order valence-electron chi connectivity index (χ3n) is 4.77. The number of ether oxygens (including phenoxy) is 1. The maximum atomic E-state index is 12.0. The van der Waals surface area contributed by atoms with Crippen LogP contribution in [0.4, 0.5) is 0 Å². The lowest BCUT2D eigenvalue weighted by Crippen LogP contribution is -2.43. The lowest BCUT2D eigenvalue weighted by atomic mass is 9.88. The van der Waals surface area contributed by atoms with Crippen LogP contribution in [-0.4, -0.2) is 36.4 Å². The smallest absolute Gasteiger partial charge is 0.255 e. The van der Waals surface area contributed by atoms with Crippen molar-refractivity contribution in [3.05, 3.63) is 0 Å². The van der Waals surface area contributed by atoms with Crippen LogP contribution in [0.1, 0.15) is 78.1 Å². The summed E-state index contributed by atoms with van der Waals surface area (Å²) in [6, 6.07) is 0. The fourth-order valence-electron chi connectivity index (χ4n) is 3.03. The molecular formula is C18H35NO3. The Kier molecular flexibility index (Phi) is 9.73. The van der Waals surface area contributed by atoms with Crippen molar-refractivity contribution >= 4 is 5.91 Å². The summed E-state index contributed by atoms with van der Waals surface area (Å²) in [4.78, 5) is 12.0. The summed E-state index contributed by atoms with van der Waals surface area (Å²) in [6.45, 7) is 5.18. The van der Waals surface area contributed by atoms with Crippen molar-refractivity contribution in [2.75, 3.05) is 19.8 Å². The first kappa shape index (κ1) is 19.4. The molecule has 1 aliphatic heterocycles. The number of epoxide rings is 1. The maximum Gasteiger partial charge on any atom is 0.255 e. The predicted octanol–water partition coefficient (Wildman–Crippen LogP) is 3.42. The highest BCUT2D eigenvalue weighted by atomic mass is 16.6. The van der Waals surface area contributed by atoms with Gasteiger partial charge in [-0.15, -0.1) is 0 Å². The Morgan fingerprint density at radius 1 is 1.14 bits per heavy atom. The van der Waals surface area contributed by atoms with Gasteiger partial charge in [0.1, 0.15) is 0 Å². The molecule has 1 fully saturated rings. The number of hydrogen-bond acceptors (Lipinski definition) is 3. The molecule has 0 saturated carbocycles. The minimum absolute atomic E-state index is 0.0194. The molecule has 1 rings (SSSR count). The molecule has 130 valence electrons. The van der Waals surface area contributed by atoms with Gasteiger partial charge in [-0.25, -0.2) is 0 Å². The van der Waals surface area contributed by atoms with Crippen molar-refractivity contribution in [3.8, 4) is 0 Å². The number of rotatable bonds is 14. The minimum atomic E-state index is -0.602. The van der Waals surface area contributed by atoms with Crippen molar-refractivity contribution in [2.45, 2.75) is 83.7 Å². The van der Waals surface area contributed by atoms with Crippen molar-refractivity contribution in [1.82, 2.24) is 5.32 Å². The molecule has 0 bridgehead atoms. The molecule has 2 N–H and O–H groups in total. The van der Waals surface area contributed by atoms with Gasteiger partial charge in [0.25, 0.3) is 5.91 Å². The third-order valence-corrected chi connectivity index (χ3v) is 4.77. The molecule has 4 nitrogen and oxygen atoms in total. The van der Waals surface area contributed by atoms with Gasteiger partial charge in [-0.2, -0.15) is 0 Å². The van der Waals surface area contributed by atoms with E-state index in [1.807, 2.05) is 0 Å². The van der Waals surface area contributed by atoms with Crippen LogP contribution in [0.3, 0.4) is 0 Å². The van der Waals surface area contributed by atoms with Gasteiger partial charge in [-0.3, -0.25) is 4.79 Å². The molecular weight excluding hydrogens is 278 g/mol. The monoisotopic (exact) mass is 313 g/mol. The second kappa shape index (κ2) is 11.0. The van der Waals surface area contributed by atoms with Crippen LogP contribution in [-0.2, 0) is 9.53 Å². The van der Waals surface area contributed by atoms with E-state index in [-0.39, 0.29) is 18.4 Å². The molecule has 2 unspecified atom stereocenters. The van der Waals surface area contributed by atoms with Crippen molar-refractivity contribution in [1.29, 1.82) is 0 Å². The van der Waals surface area contributed by atoms with Crippen LogP contribution in [0.15, 0.2) is 0 Å². The van der Waals surface area contributed by atoms with Gasteiger partial charge in [0.05, 0.1) is 13.2 Å². The average molecular weight is 313 g/mol. The molecule has 0 aromatic rings. The van der Waals surface area contributed by atoms with E-state index in [9.17, 15) is 4.79 Å². The summed E-state index contributed by atoms with van der Waals surface area (Å²) in [5, 5.41) is 11.5. The first-order valence-corrected chi connectivity index (χ1v) is 9.20. The van der Waals surface area contributed by atoms with Crippen LogP contribution in [0.2, 0.25) is 0 Å². The standard InChI is InChI=1S/C18H35NO3/c1-3-4-5-6-7-8-9-10-11-12-16(2)18(15-22-18)17(21)19-13-14-20/h16,20H,3-15H2,1-2H3,(H,19,21). The average Bonchev–Trinajstić information content (AvgIpc) is 3.32. The summed E-state index contributed by atoms with van der Waals surface area (Å²) in [6.07, 6.45) is 12.9. The van der Waals surface area contributed by atoms with E-state index in [4.69, 9.17) is 9.84 Å². The van der Waals surface area contributed by atoms with Gasteiger partial charge in [0, 0.05) is 6.54 Å². The number of amides is 1. The number of hydrogen-bond donors (Lipinski definition) is 2. The number of carbonyl (C=O) groups excluding carboxylic acids is 1. The second-order valence-electron chi connectivity index (χ2n) is 6.68. The van der Waals surface area contributed by atoms with Crippen molar-refractivity contribution < 1.29 is 14.6 Å². The second-order valence-corrected chi connectivity index (χ2v) is 6.68. The molecule has 0 aliphatic carbocycles. The molecule has 22 heavy (non-hydrogen) atoms. The van der Waals surface area contributed by atoms with E-state index in [0.717, 1.165) is 6.42 Å². The molecule has 0 radical (unpaired) electrons. The molecule has 1 heterocycles.